The Morgan fingerprint density at radius 2 is 1.62 bits per heavy atom. The van der Waals surface area contributed by atoms with Gasteiger partial charge in [0, 0.05) is 11.8 Å². The Balaban J connectivity index is 1.89. The van der Waals surface area contributed by atoms with E-state index in [9.17, 15) is 26.4 Å². The van der Waals surface area contributed by atoms with Crippen molar-refractivity contribution in [1.29, 1.82) is 0 Å². The summed E-state index contributed by atoms with van der Waals surface area (Å²) in [6, 6.07) is 17.6. The number of rotatable bonds is 7. The first kappa shape index (κ1) is 23.1. The summed E-state index contributed by atoms with van der Waals surface area (Å²) in [5, 5.41) is 2.43. The molecule has 0 atom stereocenters. The summed E-state index contributed by atoms with van der Waals surface area (Å²) in [7, 11) is -2.70. The van der Waals surface area contributed by atoms with Gasteiger partial charge >= 0.3 is 6.18 Å². The van der Waals surface area contributed by atoms with E-state index in [1.165, 1.54) is 31.4 Å². The van der Waals surface area contributed by atoms with Crippen LogP contribution in [0.25, 0.3) is 0 Å². The van der Waals surface area contributed by atoms with Crippen molar-refractivity contribution in [1.82, 2.24) is 0 Å². The van der Waals surface area contributed by atoms with Gasteiger partial charge in [-0.1, -0.05) is 24.3 Å². The predicted molar refractivity (Wildman–Crippen MR) is 114 cm³/mol. The molecule has 0 aliphatic rings. The first-order valence-corrected chi connectivity index (χ1v) is 10.7. The van der Waals surface area contributed by atoms with Crippen LogP contribution in [0.4, 0.5) is 24.5 Å². The van der Waals surface area contributed by atoms with Crippen molar-refractivity contribution < 1.29 is 31.1 Å². The maximum absolute atomic E-state index is 13.3. The molecule has 3 rings (SSSR count). The lowest BCUT2D eigenvalue weighted by atomic mass is 10.2. The molecule has 1 amide bonds. The molecule has 0 fully saturated rings. The molecule has 6 nitrogen and oxygen atoms in total. The number of nitrogens with zero attached hydrogens (tertiary/aromatic N) is 1. The van der Waals surface area contributed by atoms with Crippen LogP contribution in [0.15, 0.2) is 83.8 Å². The number of hydrogen-bond acceptors (Lipinski definition) is 4. The fourth-order valence-corrected chi connectivity index (χ4v) is 4.31. The van der Waals surface area contributed by atoms with E-state index in [-0.39, 0.29) is 16.3 Å². The topological polar surface area (TPSA) is 75.7 Å². The van der Waals surface area contributed by atoms with Crippen LogP contribution in [0, 0.1) is 0 Å². The highest BCUT2D eigenvalue weighted by Crippen LogP contribution is 2.30. The number of ether oxygens (including phenoxy) is 1. The summed E-state index contributed by atoms with van der Waals surface area (Å²) in [6.45, 7) is -0.606. The molecule has 168 valence electrons. The molecule has 0 aliphatic carbocycles. The van der Waals surface area contributed by atoms with Crippen LogP contribution < -0.4 is 14.4 Å². The molecule has 3 aromatic carbocycles. The number of halogens is 3. The quantitative estimate of drug-likeness (QED) is 0.557. The van der Waals surface area contributed by atoms with Gasteiger partial charge in [-0.05, 0) is 48.5 Å². The van der Waals surface area contributed by atoms with Crippen LogP contribution in [-0.2, 0) is 21.0 Å². The van der Waals surface area contributed by atoms with Crippen molar-refractivity contribution in [2.24, 2.45) is 0 Å². The average Bonchev–Trinajstić information content (AvgIpc) is 2.77. The van der Waals surface area contributed by atoms with Crippen molar-refractivity contribution >= 4 is 27.3 Å². The van der Waals surface area contributed by atoms with Gasteiger partial charge < -0.3 is 10.1 Å². The normalized spacial score (nSPS) is 11.6. The third kappa shape index (κ3) is 5.38. The van der Waals surface area contributed by atoms with Crippen LogP contribution in [0.2, 0.25) is 0 Å². The van der Waals surface area contributed by atoms with Gasteiger partial charge in [0.25, 0.3) is 10.0 Å². The lowest BCUT2D eigenvalue weighted by Gasteiger charge is -2.24. The van der Waals surface area contributed by atoms with Crippen LogP contribution in [0.3, 0.4) is 0 Å². The number of alkyl halides is 3. The van der Waals surface area contributed by atoms with E-state index < -0.39 is 34.2 Å². The number of amides is 1. The van der Waals surface area contributed by atoms with Crippen LogP contribution >= 0.6 is 0 Å². The van der Waals surface area contributed by atoms with E-state index in [2.05, 4.69) is 5.32 Å². The minimum atomic E-state index is -4.50. The van der Waals surface area contributed by atoms with Gasteiger partial charge in [0.05, 0.1) is 23.3 Å². The van der Waals surface area contributed by atoms with Gasteiger partial charge in [0.1, 0.15) is 12.3 Å². The molecule has 10 heteroatoms. The predicted octanol–water partition coefficient (Wildman–Crippen LogP) is 4.55. The van der Waals surface area contributed by atoms with Gasteiger partial charge in [-0.25, -0.2) is 8.42 Å². The highest BCUT2D eigenvalue weighted by Gasteiger charge is 2.30. The molecular formula is C22H19F3N2O4S. The smallest absolute Gasteiger partial charge is 0.416 e. The summed E-state index contributed by atoms with van der Waals surface area (Å²) in [6.07, 6.45) is -4.50. The van der Waals surface area contributed by atoms with Crippen molar-refractivity contribution in [3.63, 3.8) is 0 Å². The van der Waals surface area contributed by atoms with Crippen LogP contribution in [0.5, 0.6) is 5.75 Å². The maximum atomic E-state index is 13.3. The molecule has 3 aromatic rings. The second-order valence-electron chi connectivity index (χ2n) is 6.65. The first-order chi connectivity index (χ1) is 15.1. The van der Waals surface area contributed by atoms with E-state index >= 15 is 0 Å². The number of sulfonamides is 1. The van der Waals surface area contributed by atoms with Gasteiger partial charge in [-0.2, -0.15) is 13.2 Å². The fourth-order valence-electron chi connectivity index (χ4n) is 2.87. The molecule has 0 spiro atoms. The minimum Gasteiger partial charge on any atom is -0.497 e. The van der Waals surface area contributed by atoms with E-state index in [0.717, 1.165) is 28.6 Å². The Kier molecular flexibility index (Phi) is 6.73. The Morgan fingerprint density at radius 3 is 2.22 bits per heavy atom. The molecule has 0 unspecified atom stereocenters. The fraction of sp³-hybridized carbons (Fsp3) is 0.136. The Bertz CT molecular complexity index is 1180. The number of nitrogens with one attached hydrogen (secondary N) is 1. The van der Waals surface area contributed by atoms with Crippen molar-refractivity contribution in [3.05, 3.63) is 84.4 Å². The molecule has 0 aromatic heterocycles. The second-order valence-corrected chi connectivity index (χ2v) is 8.51. The number of anilines is 2. The Labute approximate surface area is 183 Å². The van der Waals surface area contributed by atoms with E-state index in [4.69, 9.17) is 4.74 Å². The van der Waals surface area contributed by atoms with Crippen molar-refractivity contribution in [3.8, 4) is 5.75 Å². The summed E-state index contributed by atoms with van der Waals surface area (Å²) in [5.74, 6) is -0.342. The zero-order valence-electron chi connectivity index (χ0n) is 16.8. The highest BCUT2D eigenvalue weighted by atomic mass is 32.2. The summed E-state index contributed by atoms with van der Waals surface area (Å²) in [5.41, 5.74) is -0.568. The van der Waals surface area contributed by atoms with Gasteiger partial charge in [-0.3, -0.25) is 9.10 Å². The number of methoxy groups -OCH3 is 1. The SMILES string of the molecule is COc1cccc(N(CC(=O)Nc2ccc(C(F)(F)F)cc2)S(=O)(=O)c2ccccc2)c1. The van der Waals surface area contributed by atoms with E-state index in [0.29, 0.717) is 5.75 Å². The lowest BCUT2D eigenvalue weighted by molar-refractivity contribution is -0.137. The zero-order chi connectivity index (χ0) is 23.4. The van der Waals surface area contributed by atoms with Gasteiger partial charge in [-0.15, -0.1) is 0 Å². The van der Waals surface area contributed by atoms with E-state index in [1.807, 2.05) is 0 Å². The van der Waals surface area contributed by atoms with Crippen LogP contribution in [0.1, 0.15) is 5.56 Å². The second kappa shape index (κ2) is 9.31. The summed E-state index contributed by atoms with van der Waals surface area (Å²) in [4.78, 5) is 12.6. The Hall–Kier alpha value is -3.53. The Morgan fingerprint density at radius 1 is 0.969 bits per heavy atom. The number of carbonyl (C=O) groups excluding carboxylic acids is 1. The third-order valence-electron chi connectivity index (χ3n) is 4.46. The molecule has 32 heavy (non-hydrogen) atoms. The lowest BCUT2D eigenvalue weighted by Crippen LogP contribution is -2.38. The molecule has 0 radical (unpaired) electrons. The van der Waals surface area contributed by atoms with Gasteiger partial charge in [0.15, 0.2) is 0 Å². The van der Waals surface area contributed by atoms with Crippen molar-refractivity contribution in [2.45, 2.75) is 11.1 Å². The molecular weight excluding hydrogens is 445 g/mol. The number of carbonyl (C=O) groups is 1. The maximum Gasteiger partial charge on any atom is 0.416 e. The van der Waals surface area contributed by atoms with E-state index in [1.54, 1.807) is 30.3 Å². The number of hydrogen-bond donors (Lipinski definition) is 1. The largest absolute Gasteiger partial charge is 0.497 e. The highest BCUT2D eigenvalue weighted by molar-refractivity contribution is 7.92. The summed E-state index contributed by atoms with van der Waals surface area (Å²) >= 11 is 0. The minimum absolute atomic E-state index is 0.0230. The van der Waals surface area contributed by atoms with Gasteiger partial charge in [0.2, 0.25) is 5.91 Å². The molecule has 0 aliphatic heterocycles. The summed E-state index contributed by atoms with van der Waals surface area (Å²) < 4.78 is 70.7. The molecule has 0 saturated heterocycles. The standard InChI is InChI=1S/C22H19F3N2O4S/c1-31-19-7-5-6-18(14-19)27(32(29,30)20-8-3-2-4-9-20)15-21(28)26-17-12-10-16(11-13-17)22(23,24)25/h2-14H,15H2,1H3,(H,26,28). The molecule has 0 heterocycles. The average molecular weight is 464 g/mol. The molecule has 0 bridgehead atoms. The monoisotopic (exact) mass is 464 g/mol. The third-order valence-corrected chi connectivity index (χ3v) is 6.24. The zero-order valence-corrected chi connectivity index (χ0v) is 17.7. The van der Waals surface area contributed by atoms with Crippen molar-refractivity contribution in [2.75, 3.05) is 23.3 Å². The number of benzene rings is 3. The molecule has 1 N–H and O–H groups in total. The molecule has 0 saturated carbocycles. The van der Waals surface area contributed by atoms with Crippen LogP contribution in [-0.4, -0.2) is 28.0 Å². The first-order valence-electron chi connectivity index (χ1n) is 9.30.